The molecule has 1 aliphatic rings. The summed E-state index contributed by atoms with van der Waals surface area (Å²) in [5, 5.41) is 11.2. The van der Waals surface area contributed by atoms with Crippen LogP contribution >= 0.6 is 0 Å². The molecule has 1 atom stereocenters. The average molecular weight is 377 g/mol. The van der Waals surface area contributed by atoms with Crippen LogP contribution in [0, 0.1) is 0 Å². The van der Waals surface area contributed by atoms with E-state index >= 15 is 0 Å². The predicted molar refractivity (Wildman–Crippen MR) is 108 cm³/mol. The number of anilines is 2. The molecule has 0 spiro atoms. The van der Waals surface area contributed by atoms with E-state index in [9.17, 15) is 4.79 Å². The lowest BCUT2D eigenvalue weighted by molar-refractivity contribution is 0.102. The third-order valence-corrected chi connectivity index (χ3v) is 4.93. The number of hydrogen-bond donors (Lipinski definition) is 1. The van der Waals surface area contributed by atoms with Crippen molar-refractivity contribution in [2.45, 2.75) is 13.0 Å². The molecule has 1 fully saturated rings. The van der Waals surface area contributed by atoms with Crippen molar-refractivity contribution in [3.8, 4) is 0 Å². The summed E-state index contributed by atoms with van der Waals surface area (Å²) in [6.45, 7) is 5.01. The monoisotopic (exact) mass is 377 g/mol. The lowest BCUT2D eigenvalue weighted by Crippen LogP contribution is -2.36. The summed E-state index contributed by atoms with van der Waals surface area (Å²) in [6, 6.07) is 17.8. The summed E-state index contributed by atoms with van der Waals surface area (Å²) in [4.78, 5) is 15.0. The Labute approximate surface area is 163 Å². The summed E-state index contributed by atoms with van der Waals surface area (Å²) in [6.07, 6.45) is 1.68. The van der Waals surface area contributed by atoms with E-state index in [1.807, 2.05) is 61.5 Å². The number of nitrogens with zero attached hydrogens (tertiary/aromatic N) is 4. The third kappa shape index (κ3) is 3.89. The van der Waals surface area contributed by atoms with Gasteiger partial charge in [-0.1, -0.05) is 47.7 Å². The number of nitrogens with one attached hydrogen (secondary N) is 1. The summed E-state index contributed by atoms with van der Waals surface area (Å²) in [5.41, 5.74) is 3.15. The van der Waals surface area contributed by atoms with Gasteiger partial charge in [-0.25, -0.2) is 4.68 Å². The van der Waals surface area contributed by atoms with Gasteiger partial charge < -0.3 is 15.0 Å². The summed E-state index contributed by atoms with van der Waals surface area (Å²) in [5.74, 6) is -0.271. The Hall–Kier alpha value is -3.19. The zero-order valence-corrected chi connectivity index (χ0v) is 15.8. The first-order chi connectivity index (χ1) is 13.7. The fourth-order valence-corrected chi connectivity index (χ4v) is 3.30. The molecule has 144 valence electrons. The van der Waals surface area contributed by atoms with Crippen molar-refractivity contribution in [2.75, 3.05) is 36.5 Å². The number of benzene rings is 2. The second-order valence-electron chi connectivity index (χ2n) is 6.74. The van der Waals surface area contributed by atoms with Crippen LogP contribution in [0.5, 0.6) is 0 Å². The molecule has 0 aliphatic carbocycles. The molecule has 2 heterocycles. The van der Waals surface area contributed by atoms with Crippen molar-refractivity contribution in [3.05, 3.63) is 72.1 Å². The van der Waals surface area contributed by atoms with Gasteiger partial charge in [0.2, 0.25) is 0 Å². The summed E-state index contributed by atoms with van der Waals surface area (Å²) >= 11 is 0. The minimum absolute atomic E-state index is 0.00381. The van der Waals surface area contributed by atoms with E-state index in [0.717, 1.165) is 30.0 Å². The second-order valence-corrected chi connectivity index (χ2v) is 6.74. The van der Waals surface area contributed by atoms with Crippen molar-refractivity contribution < 1.29 is 9.53 Å². The minimum atomic E-state index is -0.271. The third-order valence-electron chi connectivity index (χ3n) is 4.93. The highest BCUT2D eigenvalue weighted by atomic mass is 16.5. The van der Waals surface area contributed by atoms with Gasteiger partial charge >= 0.3 is 0 Å². The number of para-hydroxylation sites is 2. The highest BCUT2D eigenvalue weighted by molar-refractivity contribution is 6.04. The molecular formula is C21H23N5O2. The van der Waals surface area contributed by atoms with Crippen LogP contribution < -0.4 is 10.2 Å². The number of amides is 1. The molecule has 28 heavy (non-hydrogen) atoms. The normalized spacial score (nSPS) is 15.2. The zero-order chi connectivity index (χ0) is 19.3. The number of morpholine rings is 1. The van der Waals surface area contributed by atoms with Crippen molar-refractivity contribution in [1.82, 2.24) is 15.0 Å². The summed E-state index contributed by atoms with van der Waals surface area (Å²) in [7, 11) is 0. The Morgan fingerprint density at radius 2 is 1.79 bits per heavy atom. The molecule has 1 amide bonds. The molecule has 0 saturated carbocycles. The molecule has 1 N–H and O–H groups in total. The van der Waals surface area contributed by atoms with Crippen LogP contribution in [0.1, 0.15) is 29.0 Å². The average Bonchev–Trinajstić information content (AvgIpc) is 3.25. The molecule has 1 saturated heterocycles. The lowest BCUT2D eigenvalue weighted by atomic mass is 10.1. The number of ether oxygens (including phenoxy) is 1. The first-order valence-corrected chi connectivity index (χ1v) is 9.42. The van der Waals surface area contributed by atoms with Gasteiger partial charge in [-0.3, -0.25) is 4.79 Å². The van der Waals surface area contributed by atoms with E-state index in [4.69, 9.17) is 4.74 Å². The number of carbonyl (C=O) groups excluding carboxylic acids is 1. The van der Waals surface area contributed by atoms with Crippen molar-refractivity contribution in [2.24, 2.45) is 0 Å². The van der Waals surface area contributed by atoms with Crippen LogP contribution in [-0.2, 0) is 4.74 Å². The Morgan fingerprint density at radius 1 is 1.07 bits per heavy atom. The quantitative estimate of drug-likeness (QED) is 0.740. The first kappa shape index (κ1) is 18.2. The predicted octanol–water partition coefficient (Wildman–Crippen LogP) is 2.98. The highest BCUT2D eigenvalue weighted by Gasteiger charge is 2.19. The molecule has 0 radical (unpaired) electrons. The Balaban J connectivity index is 1.50. The van der Waals surface area contributed by atoms with Crippen molar-refractivity contribution in [1.29, 1.82) is 0 Å². The van der Waals surface area contributed by atoms with Crippen LogP contribution in [0.3, 0.4) is 0 Å². The lowest BCUT2D eigenvalue weighted by Gasteiger charge is -2.30. The second kappa shape index (κ2) is 8.22. The van der Waals surface area contributed by atoms with E-state index in [1.165, 1.54) is 0 Å². The van der Waals surface area contributed by atoms with Crippen LogP contribution in [0.2, 0.25) is 0 Å². The molecule has 1 aromatic heterocycles. The van der Waals surface area contributed by atoms with E-state index in [0.29, 0.717) is 18.9 Å². The largest absolute Gasteiger partial charge is 0.378 e. The van der Waals surface area contributed by atoms with Gasteiger partial charge in [0, 0.05) is 13.1 Å². The molecule has 4 rings (SSSR count). The van der Waals surface area contributed by atoms with Gasteiger partial charge in [0.05, 0.1) is 36.8 Å². The topological polar surface area (TPSA) is 72.3 Å². The van der Waals surface area contributed by atoms with Gasteiger partial charge in [0.15, 0.2) is 5.69 Å². The maximum Gasteiger partial charge on any atom is 0.277 e. The molecule has 1 unspecified atom stereocenters. The number of rotatable bonds is 5. The number of hydrogen-bond acceptors (Lipinski definition) is 5. The van der Waals surface area contributed by atoms with Gasteiger partial charge in [0.1, 0.15) is 0 Å². The van der Waals surface area contributed by atoms with Crippen LogP contribution in [0.4, 0.5) is 11.4 Å². The van der Waals surface area contributed by atoms with Crippen LogP contribution in [0.15, 0.2) is 60.8 Å². The van der Waals surface area contributed by atoms with Crippen LogP contribution in [-0.4, -0.2) is 47.2 Å². The SMILES string of the molecule is CC(c1ccccc1)n1cc(C(=O)Nc2ccccc2N2CCOCC2)nn1. The molecule has 3 aromatic rings. The number of aromatic nitrogens is 3. The van der Waals surface area contributed by atoms with E-state index in [-0.39, 0.29) is 11.9 Å². The zero-order valence-electron chi connectivity index (χ0n) is 15.8. The fourth-order valence-electron chi connectivity index (χ4n) is 3.30. The van der Waals surface area contributed by atoms with Crippen molar-refractivity contribution in [3.63, 3.8) is 0 Å². The molecule has 7 heteroatoms. The van der Waals surface area contributed by atoms with Gasteiger partial charge in [-0.15, -0.1) is 5.10 Å². The standard InChI is InChI=1S/C21H23N5O2/c1-16(17-7-3-2-4-8-17)26-15-19(23-24-26)21(27)22-18-9-5-6-10-20(18)25-11-13-28-14-12-25/h2-10,15-16H,11-14H2,1H3,(H,22,27). The molecule has 0 bridgehead atoms. The van der Waals surface area contributed by atoms with Crippen molar-refractivity contribution >= 4 is 17.3 Å². The molecule has 2 aromatic carbocycles. The van der Waals surface area contributed by atoms with Gasteiger partial charge in [-0.05, 0) is 24.6 Å². The van der Waals surface area contributed by atoms with Crippen LogP contribution in [0.25, 0.3) is 0 Å². The minimum Gasteiger partial charge on any atom is -0.378 e. The smallest absolute Gasteiger partial charge is 0.277 e. The van der Waals surface area contributed by atoms with E-state index in [1.54, 1.807) is 10.9 Å². The maximum atomic E-state index is 12.8. The Kier molecular flexibility index (Phi) is 5.34. The highest BCUT2D eigenvalue weighted by Crippen LogP contribution is 2.26. The van der Waals surface area contributed by atoms with E-state index < -0.39 is 0 Å². The van der Waals surface area contributed by atoms with E-state index in [2.05, 4.69) is 20.5 Å². The van der Waals surface area contributed by atoms with Gasteiger partial charge in [0.25, 0.3) is 5.91 Å². The Morgan fingerprint density at radius 3 is 2.57 bits per heavy atom. The molecule has 7 nitrogen and oxygen atoms in total. The fraction of sp³-hybridized carbons (Fsp3) is 0.286. The maximum absolute atomic E-state index is 12.8. The van der Waals surface area contributed by atoms with Gasteiger partial charge in [-0.2, -0.15) is 0 Å². The summed E-state index contributed by atoms with van der Waals surface area (Å²) < 4.78 is 7.13. The molecule has 1 aliphatic heterocycles. The first-order valence-electron chi connectivity index (χ1n) is 9.42. The number of carbonyl (C=O) groups is 1. The molecular weight excluding hydrogens is 354 g/mol. The Bertz CT molecular complexity index is 935.